The van der Waals surface area contributed by atoms with Gasteiger partial charge in [-0.3, -0.25) is 9.74 Å². The lowest BCUT2D eigenvalue weighted by Gasteiger charge is -2.29. The highest BCUT2D eigenvalue weighted by Gasteiger charge is 2.32. The number of aryl methyl sites for hydroxylation is 7. The van der Waals surface area contributed by atoms with E-state index in [4.69, 9.17) is 9.74 Å². The number of phenols is 2. The predicted octanol–water partition coefficient (Wildman–Crippen LogP) is 9.29. The van der Waals surface area contributed by atoms with E-state index in [1.807, 2.05) is 56.5 Å². The number of hydrogen-bond donors (Lipinski definition) is 2. The van der Waals surface area contributed by atoms with Gasteiger partial charge in [0.15, 0.2) is 0 Å². The van der Waals surface area contributed by atoms with Crippen molar-refractivity contribution in [2.45, 2.75) is 68.2 Å². The molecular weight excluding hydrogens is 523 g/mol. The van der Waals surface area contributed by atoms with Gasteiger partial charge in [-0.1, -0.05) is 61.4 Å². The van der Waals surface area contributed by atoms with Crippen molar-refractivity contribution in [3.05, 3.63) is 105 Å². The van der Waals surface area contributed by atoms with Crippen LogP contribution < -0.4 is 10.6 Å². The van der Waals surface area contributed by atoms with Gasteiger partial charge in [-0.05, 0) is 113 Å². The summed E-state index contributed by atoms with van der Waals surface area (Å²) in [5.74, 6) is 0.527. The molecule has 0 aliphatic rings. The van der Waals surface area contributed by atoms with E-state index in [-0.39, 0.29) is 11.5 Å². The van der Waals surface area contributed by atoms with Crippen LogP contribution in [-0.4, -0.2) is 22.6 Å². The molecule has 5 heteroatoms. The van der Waals surface area contributed by atoms with Gasteiger partial charge in [-0.25, -0.2) is 0 Å². The second-order valence-corrected chi connectivity index (χ2v) is 14.6. The molecule has 4 aromatic carbocycles. The molecule has 41 heavy (non-hydrogen) atoms. The van der Waals surface area contributed by atoms with Crippen LogP contribution in [0.25, 0.3) is 0 Å². The topological polar surface area (TPSA) is 65.2 Å². The van der Waals surface area contributed by atoms with Crippen LogP contribution in [0.1, 0.15) is 64.3 Å². The first-order valence-electron chi connectivity index (χ1n) is 14.4. The summed E-state index contributed by atoms with van der Waals surface area (Å²) in [6.07, 6.45) is 4.52. The molecule has 0 unspecified atom stereocenters. The fourth-order valence-electron chi connectivity index (χ4n) is 5.74. The molecule has 0 aromatic heterocycles. The Kier molecular flexibility index (Phi) is 9.24. The highest BCUT2D eigenvalue weighted by atomic mass is 31.2. The number of benzene rings is 4. The van der Waals surface area contributed by atoms with Crippen molar-refractivity contribution in [2.75, 3.05) is 6.16 Å². The first kappa shape index (κ1) is 30.3. The van der Waals surface area contributed by atoms with Gasteiger partial charge in [0.25, 0.3) is 0 Å². The van der Waals surface area contributed by atoms with E-state index >= 15 is 0 Å². The van der Waals surface area contributed by atoms with Gasteiger partial charge in [0.1, 0.15) is 11.5 Å². The van der Waals surface area contributed by atoms with Crippen molar-refractivity contribution in [3.63, 3.8) is 0 Å². The third-order valence-electron chi connectivity index (χ3n) is 7.67. The molecule has 0 amide bonds. The van der Waals surface area contributed by atoms with E-state index < -0.39 is 7.05 Å². The average molecular weight is 567 g/mol. The van der Waals surface area contributed by atoms with Crippen LogP contribution in [0.5, 0.6) is 11.5 Å². The SMILES string of the molecule is CCCCP(=Nc1ccccc1C=Nc1c(C)cc(C)cc1C)(c1cc(C)cc(C)c1O)c1cc(C)cc(C)c1O. The van der Waals surface area contributed by atoms with Crippen molar-refractivity contribution >= 4 is 35.3 Å². The number of hydrogen-bond acceptors (Lipinski definition) is 4. The summed E-state index contributed by atoms with van der Waals surface area (Å²) >= 11 is 0. The minimum absolute atomic E-state index is 0.263. The Labute approximate surface area is 245 Å². The smallest absolute Gasteiger partial charge is 0.127 e. The molecule has 0 heterocycles. The molecule has 0 atom stereocenters. The molecule has 0 radical (unpaired) electrons. The maximum Gasteiger partial charge on any atom is 0.127 e. The summed E-state index contributed by atoms with van der Waals surface area (Å²) in [7, 11) is -2.71. The normalized spacial score (nSPS) is 11.8. The van der Waals surface area contributed by atoms with Crippen molar-refractivity contribution in [1.29, 1.82) is 0 Å². The Morgan fingerprint density at radius 3 is 1.71 bits per heavy atom. The number of nitrogens with zero attached hydrogens (tertiary/aromatic N) is 2. The highest BCUT2D eigenvalue weighted by molar-refractivity contribution is 7.81. The zero-order chi connectivity index (χ0) is 29.9. The van der Waals surface area contributed by atoms with Crippen LogP contribution in [0.2, 0.25) is 0 Å². The lowest BCUT2D eigenvalue weighted by molar-refractivity contribution is 0.474. The Morgan fingerprint density at radius 2 is 1.17 bits per heavy atom. The third kappa shape index (κ3) is 6.34. The molecule has 0 saturated heterocycles. The Hall–Kier alpha value is -3.62. The van der Waals surface area contributed by atoms with Crippen molar-refractivity contribution in [1.82, 2.24) is 0 Å². The molecule has 2 N–H and O–H groups in total. The number of aliphatic imine (C=N–C) groups is 1. The largest absolute Gasteiger partial charge is 0.507 e. The molecule has 4 aromatic rings. The molecule has 4 nitrogen and oxygen atoms in total. The summed E-state index contributed by atoms with van der Waals surface area (Å²) in [5.41, 5.74) is 9.95. The van der Waals surface area contributed by atoms with Gasteiger partial charge in [-0.15, -0.1) is 0 Å². The number of unbranched alkanes of at least 4 members (excludes halogenated alkanes) is 1. The minimum atomic E-state index is -2.71. The van der Waals surface area contributed by atoms with Crippen LogP contribution in [0, 0.1) is 48.5 Å². The van der Waals surface area contributed by atoms with Gasteiger partial charge >= 0.3 is 0 Å². The predicted molar refractivity (Wildman–Crippen MR) is 178 cm³/mol. The summed E-state index contributed by atoms with van der Waals surface area (Å²) in [5, 5.41) is 24.8. The summed E-state index contributed by atoms with van der Waals surface area (Å²) in [4.78, 5) is 4.94. The minimum Gasteiger partial charge on any atom is -0.507 e. The second-order valence-electron chi connectivity index (χ2n) is 11.4. The lowest BCUT2D eigenvalue weighted by Crippen LogP contribution is -2.22. The first-order valence-corrected chi connectivity index (χ1v) is 16.3. The van der Waals surface area contributed by atoms with Crippen LogP contribution in [0.3, 0.4) is 0 Å². The monoisotopic (exact) mass is 566 g/mol. The summed E-state index contributed by atoms with van der Waals surface area (Å²) in [6, 6.07) is 20.5. The molecule has 0 spiro atoms. The molecule has 0 fully saturated rings. The summed E-state index contributed by atoms with van der Waals surface area (Å²) < 4.78 is 5.63. The van der Waals surface area contributed by atoms with E-state index in [1.54, 1.807) is 0 Å². The zero-order valence-corrected chi connectivity index (χ0v) is 26.6. The van der Waals surface area contributed by atoms with E-state index in [0.29, 0.717) is 0 Å². The number of aromatic hydroxyl groups is 2. The molecule has 0 aliphatic heterocycles. The van der Waals surface area contributed by atoms with E-state index in [1.165, 1.54) is 5.56 Å². The van der Waals surface area contributed by atoms with Crippen molar-refractivity contribution in [2.24, 2.45) is 9.74 Å². The van der Waals surface area contributed by atoms with Gasteiger partial charge in [0.2, 0.25) is 0 Å². The van der Waals surface area contributed by atoms with Crippen LogP contribution >= 0.6 is 7.05 Å². The molecule has 0 saturated carbocycles. The van der Waals surface area contributed by atoms with Crippen molar-refractivity contribution in [3.8, 4) is 11.5 Å². The van der Waals surface area contributed by atoms with E-state index in [2.05, 4.69) is 65.8 Å². The molecule has 4 rings (SSSR count). The van der Waals surface area contributed by atoms with Crippen molar-refractivity contribution < 1.29 is 10.2 Å². The van der Waals surface area contributed by atoms with E-state index in [0.717, 1.165) is 79.9 Å². The fourth-order valence-corrected chi connectivity index (χ4v) is 10.0. The van der Waals surface area contributed by atoms with Gasteiger partial charge in [0.05, 0.1) is 11.4 Å². The maximum atomic E-state index is 11.6. The van der Waals surface area contributed by atoms with E-state index in [9.17, 15) is 10.2 Å². The number of phenolic OH excluding ortho intramolecular Hbond substituents is 2. The van der Waals surface area contributed by atoms with Gasteiger partial charge < -0.3 is 10.2 Å². The molecule has 0 aliphatic carbocycles. The van der Waals surface area contributed by atoms with Crippen LogP contribution in [0.15, 0.2) is 70.4 Å². The van der Waals surface area contributed by atoms with Crippen LogP contribution in [-0.2, 0) is 0 Å². The molecular formula is C36H43N2O2P. The lowest BCUT2D eigenvalue weighted by atomic mass is 10.1. The zero-order valence-electron chi connectivity index (χ0n) is 25.7. The summed E-state index contributed by atoms with van der Waals surface area (Å²) in [6.45, 7) is 16.4. The molecule has 214 valence electrons. The Morgan fingerprint density at radius 1 is 0.683 bits per heavy atom. The van der Waals surface area contributed by atoms with Gasteiger partial charge in [0, 0.05) is 29.4 Å². The number of rotatable bonds is 8. The van der Waals surface area contributed by atoms with Gasteiger partial charge in [-0.2, -0.15) is 0 Å². The average Bonchev–Trinajstić information content (AvgIpc) is 2.91. The maximum absolute atomic E-state index is 11.6. The Balaban J connectivity index is 2.09. The first-order chi connectivity index (χ1) is 19.5. The second kappa shape index (κ2) is 12.5. The standard InChI is InChI=1S/C36H43N2O2P/c1-9-10-15-41(32-20-24(3)18-28(7)35(32)39,33-21-25(4)19-29(8)36(33)40)38-31-14-12-11-13-30(31)22-37-34-26(5)16-23(2)17-27(34)6/h11-14,16-22,39-40H,9-10,15H2,1-8H3. The Bertz CT molecular complexity index is 1600. The quantitative estimate of drug-likeness (QED) is 0.165. The fraction of sp³-hybridized carbons (Fsp3) is 0.306. The molecule has 0 bridgehead atoms. The highest BCUT2D eigenvalue weighted by Crippen LogP contribution is 2.56. The third-order valence-corrected chi connectivity index (χ3v) is 11.5. The van der Waals surface area contributed by atoms with Crippen LogP contribution in [0.4, 0.5) is 11.4 Å².